The smallest absolute Gasteiger partial charge is 0.227 e. The number of hydrogen-bond donors (Lipinski definition) is 2. The number of aromatic nitrogens is 2. The van der Waals surface area contributed by atoms with Gasteiger partial charge in [0.1, 0.15) is 23.1 Å². The normalized spacial score (nSPS) is 16.1. The van der Waals surface area contributed by atoms with E-state index in [0.717, 1.165) is 41.9 Å². The van der Waals surface area contributed by atoms with E-state index in [1.165, 1.54) is 0 Å². The molecule has 1 aliphatic rings. The van der Waals surface area contributed by atoms with E-state index in [9.17, 15) is 0 Å². The molecule has 1 aliphatic heterocycles. The van der Waals surface area contributed by atoms with Crippen LogP contribution in [0, 0.1) is 12.3 Å². The van der Waals surface area contributed by atoms with Gasteiger partial charge in [-0.2, -0.15) is 0 Å². The van der Waals surface area contributed by atoms with Crippen LogP contribution in [0.2, 0.25) is 0 Å². The number of nitrogens with one attached hydrogen (secondary N) is 2. The van der Waals surface area contributed by atoms with Gasteiger partial charge >= 0.3 is 0 Å². The second kappa shape index (κ2) is 7.52. The van der Waals surface area contributed by atoms with E-state index in [2.05, 4.69) is 26.5 Å². The number of benzene rings is 2. The Morgan fingerprint density at radius 3 is 3.00 bits per heavy atom. The lowest BCUT2D eigenvalue weighted by Crippen LogP contribution is -2.19. The maximum Gasteiger partial charge on any atom is 0.227 e. The van der Waals surface area contributed by atoms with Crippen LogP contribution >= 0.6 is 0 Å². The highest BCUT2D eigenvalue weighted by molar-refractivity contribution is 5.86. The van der Waals surface area contributed by atoms with Gasteiger partial charge in [-0.3, -0.25) is 0 Å². The van der Waals surface area contributed by atoms with Gasteiger partial charge in [0, 0.05) is 35.4 Å². The molecule has 3 aromatic rings. The molecule has 0 aliphatic carbocycles. The summed E-state index contributed by atoms with van der Waals surface area (Å²) in [5.41, 5.74) is 2.30. The van der Waals surface area contributed by atoms with Crippen LogP contribution in [0.3, 0.4) is 0 Å². The van der Waals surface area contributed by atoms with E-state index in [1.807, 2.05) is 30.3 Å². The van der Waals surface area contributed by atoms with Crippen molar-refractivity contribution in [1.29, 1.82) is 0 Å². The predicted octanol–water partition coefficient (Wildman–Crippen LogP) is 3.10. The molecular weight excluding hydrogens is 340 g/mol. The fourth-order valence-corrected chi connectivity index (χ4v) is 3.11. The number of ether oxygens (including phenoxy) is 2. The molecule has 27 heavy (non-hydrogen) atoms. The van der Waals surface area contributed by atoms with Gasteiger partial charge in [-0.05, 0) is 37.2 Å². The van der Waals surface area contributed by atoms with Gasteiger partial charge in [0.05, 0.1) is 7.11 Å². The van der Waals surface area contributed by atoms with Gasteiger partial charge in [0.2, 0.25) is 5.95 Å². The average molecular weight is 360 g/mol. The monoisotopic (exact) mass is 360 g/mol. The maximum absolute atomic E-state index is 6.00. The van der Waals surface area contributed by atoms with Crippen LogP contribution < -0.4 is 20.1 Å². The summed E-state index contributed by atoms with van der Waals surface area (Å²) in [5, 5.41) is 7.36. The lowest BCUT2D eigenvalue weighted by molar-refractivity contribution is 0.223. The second-order valence-corrected chi connectivity index (χ2v) is 6.34. The first-order valence-corrected chi connectivity index (χ1v) is 8.81. The Bertz CT molecular complexity index is 1010. The summed E-state index contributed by atoms with van der Waals surface area (Å²) in [6.07, 6.45) is 8.46. The van der Waals surface area contributed by atoms with Crippen molar-refractivity contribution in [3.8, 4) is 23.8 Å². The molecule has 6 heteroatoms. The Morgan fingerprint density at radius 1 is 1.30 bits per heavy atom. The SMILES string of the molecule is C#Cc1cc(OC)c2nc(Nc3cccc(O[C@@H]4CCNC4)c3)ncc2c1. The molecule has 2 heterocycles. The van der Waals surface area contributed by atoms with E-state index in [0.29, 0.717) is 17.2 Å². The molecule has 1 atom stereocenters. The van der Waals surface area contributed by atoms with Crippen molar-refractivity contribution in [3.05, 3.63) is 48.2 Å². The zero-order valence-electron chi connectivity index (χ0n) is 15.0. The van der Waals surface area contributed by atoms with Crippen LogP contribution in [0.5, 0.6) is 11.5 Å². The molecule has 0 unspecified atom stereocenters. The molecule has 2 aromatic carbocycles. The van der Waals surface area contributed by atoms with Crippen molar-refractivity contribution in [2.45, 2.75) is 12.5 Å². The number of hydrogen-bond acceptors (Lipinski definition) is 6. The van der Waals surface area contributed by atoms with Crippen LogP contribution in [0.4, 0.5) is 11.6 Å². The van der Waals surface area contributed by atoms with Crippen LogP contribution in [-0.4, -0.2) is 36.3 Å². The van der Waals surface area contributed by atoms with Crippen LogP contribution in [-0.2, 0) is 0 Å². The number of rotatable bonds is 5. The van der Waals surface area contributed by atoms with Crippen LogP contribution in [0.15, 0.2) is 42.6 Å². The van der Waals surface area contributed by atoms with Crippen molar-refractivity contribution in [3.63, 3.8) is 0 Å². The second-order valence-electron chi connectivity index (χ2n) is 6.34. The van der Waals surface area contributed by atoms with Gasteiger partial charge in [-0.1, -0.05) is 12.0 Å². The Morgan fingerprint density at radius 2 is 2.22 bits per heavy atom. The standard InChI is InChI=1S/C21H20N4O2/c1-3-14-9-15-12-23-21(25-20(15)19(10-14)26-2)24-16-5-4-6-17(11-16)27-18-7-8-22-13-18/h1,4-6,9-12,18,22H,7-8,13H2,2H3,(H,23,24,25)/t18-/m1/s1. The third kappa shape index (κ3) is 3.78. The van der Waals surface area contributed by atoms with E-state index in [-0.39, 0.29) is 6.10 Å². The topological polar surface area (TPSA) is 68.3 Å². The molecule has 1 fully saturated rings. The number of terminal acetylenes is 1. The molecule has 1 aromatic heterocycles. The average Bonchev–Trinajstić information content (AvgIpc) is 3.20. The van der Waals surface area contributed by atoms with E-state index in [1.54, 1.807) is 19.4 Å². The fourth-order valence-electron chi connectivity index (χ4n) is 3.11. The molecule has 0 bridgehead atoms. The lowest BCUT2D eigenvalue weighted by atomic mass is 10.1. The molecule has 0 saturated carbocycles. The van der Waals surface area contributed by atoms with Crippen LogP contribution in [0.25, 0.3) is 10.9 Å². The number of nitrogens with zero attached hydrogens (tertiary/aromatic N) is 2. The third-order valence-electron chi connectivity index (χ3n) is 4.44. The summed E-state index contributed by atoms with van der Waals surface area (Å²) in [7, 11) is 1.60. The van der Waals surface area contributed by atoms with Crippen molar-refractivity contribution in [1.82, 2.24) is 15.3 Å². The summed E-state index contributed by atoms with van der Waals surface area (Å²) < 4.78 is 11.4. The van der Waals surface area contributed by atoms with Gasteiger partial charge in [0.25, 0.3) is 0 Å². The minimum absolute atomic E-state index is 0.215. The van der Waals surface area contributed by atoms with E-state index < -0.39 is 0 Å². The summed E-state index contributed by atoms with van der Waals surface area (Å²) in [5.74, 6) is 4.54. The summed E-state index contributed by atoms with van der Waals surface area (Å²) in [6, 6.07) is 11.5. The molecule has 6 nitrogen and oxygen atoms in total. The minimum atomic E-state index is 0.215. The van der Waals surface area contributed by atoms with Gasteiger partial charge in [0.15, 0.2) is 0 Å². The van der Waals surface area contributed by atoms with Gasteiger partial charge in [-0.25, -0.2) is 9.97 Å². The largest absolute Gasteiger partial charge is 0.494 e. The Hall–Kier alpha value is -3.30. The molecule has 4 rings (SSSR count). The molecule has 136 valence electrons. The van der Waals surface area contributed by atoms with Gasteiger partial charge < -0.3 is 20.1 Å². The third-order valence-corrected chi connectivity index (χ3v) is 4.44. The Labute approximate surface area is 157 Å². The fraction of sp³-hybridized carbons (Fsp3) is 0.238. The number of fused-ring (bicyclic) bond motifs is 1. The zero-order chi connectivity index (χ0) is 18.6. The first-order chi connectivity index (χ1) is 13.2. The Kier molecular flexibility index (Phi) is 4.77. The maximum atomic E-state index is 6.00. The van der Waals surface area contributed by atoms with E-state index in [4.69, 9.17) is 15.9 Å². The summed E-state index contributed by atoms with van der Waals surface area (Å²) in [6.45, 7) is 1.88. The highest BCUT2D eigenvalue weighted by Crippen LogP contribution is 2.27. The van der Waals surface area contributed by atoms with Gasteiger partial charge in [-0.15, -0.1) is 6.42 Å². The predicted molar refractivity (Wildman–Crippen MR) is 106 cm³/mol. The molecular formula is C21H20N4O2. The number of anilines is 2. The van der Waals surface area contributed by atoms with Crippen LogP contribution in [0.1, 0.15) is 12.0 Å². The zero-order valence-corrected chi connectivity index (χ0v) is 15.0. The molecule has 0 spiro atoms. The Balaban J connectivity index is 1.59. The van der Waals surface area contributed by atoms with E-state index >= 15 is 0 Å². The molecule has 1 saturated heterocycles. The lowest BCUT2D eigenvalue weighted by Gasteiger charge is -2.14. The number of methoxy groups -OCH3 is 1. The molecule has 0 amide bonds. The van der Waals surface area contributed by atoms with Crippen molar-refractivity contribution >= 4 is 22.5 Å². The summed E-state index contributed by atoms with van der Waals surface area (Å²) in [4.78, 5) is 8.97. The highest BCUT2D eigenvalue weighted by atomic mass is 16.5. The highest BCUT2D eigenvalue weighted by Gasteiger charge is 2.16. The first-order valence-electron chi connectivity index (χ1n) is 8.81. The minimum Gasteiger partial charge on any atom is -0.494 e. The quantitative estimate of drug-likeness (QED) is 0.682. The summed E-state index contributed by atoms with van der Waals surface area (Å²) >= 11 is 0. The molecule has 0 radical (unpaired) electrons. The molecule has 2 N–H and O–H groups in total. The first kappa shape index (κ1) is 17.1. The van der Waals surface area contributed by atoms with Crippen molar-refractivity contribution < 1.29 is 9.47 Å². The van der Waals surface area contributed by atoms with Crippen molar-refractivity contribution in [2.75, 3.05) is 25.5 Å². The van der Waals surface area contributed by atoms with Crippen molar-refractivity contribution in [2.24, 2.45) is 0 Å².